The zero-order valence-corrected chi connectivity index (χ0v) is 13.1. The van der Waals surface area contributed by atoms with Crippen LogP contribution in [0.1, 0.15) is 45.6 Å². The Morgan fingerprint density at radius 1 is 1.10 bits per heavy atom. The summed E-state index contributed by atoms with van der Waals surface area (Å²) in [5, 5.41) is 19.0. The second-order valence-electron chi connectivity index (χ2n) is 5.80. The number of allylic oxidation sites excluding steroid dienone is 5. The molecule has 2 nitrogen and oxygen atoms in total. The van der Waals surface area contributed by atoms with E-state index in [0.29, 0.717) is 11.5 Å². The molecule has 0 bridgehead atoms. The van der Waals surface area contributed by atoms with Gasteiger partial charge in [-0.25, -0.2) is 0 Å². The van der Waals surface area contributed by atoms with Crippen molar-refractivity contribution in [3.63, 3.8) is 0 Å². The van der Waals surface area contributed by atoms with Gasteiger partial charge in [0.2, 0.25) is 0 Å². The Morgan fingerprint density at radius 2 is 1.76 bits per heavy atom. The number of hydrogen-bond donors (Lipinski definition) is 2. The van der Waals surface area contributed by atoms with Crippen LogP contribution in [0.4, 0.5) is 0 Å². The number of aliphatic hydroxyl groups is 1. The summed E-state index contributed by atoms with van der Waals surface area (Å²) >= 11 is 0. The summed E-state index contributed by atoms with van der Waals surface area (Å²) in [6.07, 6.45) is 8.53. The van der Waals surface area contributed by atoms with Crippen LogP contribution in [0.25, 0.3) is 5.57 Å². The average molecular weight is 284 g/mol. The van der Waals surface area contributed by atoms with Crippen molar-refractivity contribution in [2.75, 3.05) is 0 Å². The van der Waals surface area contributed by atoms with E-state index in [1.165, 1.54) is 16.7 Å². The van der Waals surface area contributed by atoms with Crippen LogP contribution in [0.5, 0.6) is 5.75 Å². The molecule has 1 aromatic carbocycles. The fourth-order valence-electron chi connectivity index (χ4n) is 3.16. The van der Waals surface area contributed by atoms with Crippen LogP contribution in [-0.4, -0.2) is 10.2 Å². The molecule has 0 heterocycles. The number of phenols is 1. The van der Waals surface area contributed by atoms with Gasteiger partial charge in [0.25, 0.3) is 0 Å². The van der Waals surface area contributed by atoms with E-state index in [4.69, 9.17) is 0 Å². The lowest BCUT2D eigenvalue weighted by Crippen LogP contribution is -2.19. The van der Waals surface area contributed by atoms with E-state index in [0.717, 1.165) is 19.3 Å². The normalized spacial score (nSPS) is 22.7. The number of aromatic hydroxyl groups is 1. The molecule has 0 radical (unpaired) electrons. The summed E-state index contributed by atoms with van der Waals surface area (Å²) in [6.45, 7) is 6.57. The fourth-order valence-corrected chi connectivity index (χ4v) is 3.16. The summed E-state index contributed by atoms with van der Waals surface area (Å²) in [5.74, 6) is 0.648. The van der Waals surface area contributed by atoms with Crippen molar-refractivity contribution in [1.29, 1.82) is 0 Å². The van der Waals surface area contributed by atoms with Gasteiger partial charge in [0, 0.05) is 5.41 Å². The number of hydrogen-bond acceptors (Lipinski definition) is 2. The lowest BCUT2D eigenvalue weighted by molar-refractivity contribution is 0.405. The molecule has 0 spiro atoms. The molecular weight excluding hydrogens is 260 g/mol. The van der Waals surface area contributed by atoms with Gasteiger partial charge in [-0.2, -0.15) is 0 Å². The van der Waals surface area contributed by atoms with Crippen LogP contribution in [0, 0.1) is 5.41 Å². The summed E-state index contributed by atoms with van der Waals surface area (Å²) in [7, 11) is 0. The maximum Gasteiger partial charge on any atom is 0.115 e. The predicted molar refractivity (Wildman–Crippen MR) is 88.2 cm³/mol. The highest BCUT2D eigenvalue weighted by molar-refractivity contribution is 5.70. The Morgan fingerprint density at radius 3 is 2.24 bits per heavy atom. The molecule has 2 rings (SSSR count). The molecule has 2 heteroatoms. The van der Waals surface area contributed by atoms with Crippen molar-refractivity contribution < 1.29 is 10.2 Å². The van der Waals surface area contributed by atoms with Gasteiger partial charge in [0.15, 0.2) is 0 Å². The minimum atomic E-state index is -0.0514. The van der Waals surface area contributed by atoms with Gasteiger partial charge < -0.3 is 10.2 Å². The summed E-state index contributed by atoms with van der Waals surface area (Å²) in [4.78, 5) is 0. The SMILES string of the molecule is CC/C(=C(/CC)C1(C)C=CC(O)=CC1)c1ccc(O)cc1. The van der Waals surface area contributed by atoms with E-state index in [-0.39, 0.29) is 5.41 Å². The minimum absolute atomic E-state index is 0.0514. The van der Waals surface area contributed by atoms with Crippen LogP contribution < -0.4 is 0 Å². The van der Waals surface area contributed by atoms with Crippen molar-refractivity contribution in [2.24, 2.45) is 5.41 Å². The van der Waals surface area contributed by atoms with Crippen LogP contribution in [0.15, 0.2) is 53.8 Å². The molecule has 1 aromatic rings. The van der Waals surface area contributed by atoms with Crippen molar-refractivity contribution in [1.82, 2.24) is 0 Å². The highest BCUT2D eigenvalue weighted by Gasteiger charge is 2.28. The quantitative estimate of drug-likeness (QED) is 0.780. The van der Waals surface area contributed by atoms with Gasteiger partial charge in [-0.05, 0) is 54.7 Å². The van der Waals surface area contributed by atoms with E-state index in [9.17, 15) is 10.2 Å². The summed E-state index contributed by atoms with van der Waals surface area (Å²) in [5.41, 5.74) is 3.85. The minimum Gasteiger partial charge on any atom is -0.508 e. The van der Waals surface area contributed by atoms with Gasteiger partial charge in [-0.15, -0.1) is 0 Å². The lowest BCUT2D eigenvalue weighted by atomic mass is 9.72. The van der Waals surface area contributed by atoms with Crippen molar-refractivity contribution >= 4 is 5.57 Å². The molecule has 0 amide bonds. The molecule has 1 unspecified atom stereocenters. The topological polar surface area (TPSA) is 40.5 Å². The van der Waals surface area contributed by atoms with E-state index in [2.05, 4.69) is 26.8 Å². The summed E-state index contributed by atoms with van der Waals surface area (Å²) in [6, 6.07) is 7.44. The van der Waals surface area contributed by atoms with Gasteiger partial charge in [0.1, 0.15) is 11.5 Å². The van der Waals surface area contributed by atoms with Crippen LogP contribution >= 0.6 is 0 Å². The van der Waals surface area contributed by atoms with E-state index >= 15 is 0 Å². The number of phenolic OH excluding ortho intramolecular Hbond substituents is 1. The van der Waals surface area contributed by atoms with Crippen molar-refractivity contribution in [2.45, 2.75) is 40.0 Å². The Bertz CT molecular complexity index is 590. The number of rotatable bonds is 4. The average Bonchev–Trinajstić information content (AvgIpc) is 2.49. The van der Waals surface area contributed by atoms with Gasteiger partial charge in [0.05, 0.1) is 0 Å². The van der Waals surface area contributed by atoms with E-state index in [1.807, 2.05) is 18.2 Å². The third-order valence-corrected chi connectivity index (χ3v) is 4.33. The molecule has 1 aliphatic rings. The largest absolute Gasteiger partial charge is 0.508 e. The Labute approximate surface area is 127 Å². The number of benzene rings is 1. The van der Waals surface area contributed by atoms with Gasteiger partial charge >= 0.3 is 0 Å². The first-order valence-electron chi connectivity index (χ1n) is 7.60. The zero-order chi connectivity index (χ0) is 15.5. The molecular formula is C19H24O2. The Kier molecular flexibility index (Phi) is 4.56. The zero-order valence-electron chi connectivity index (χ0n) is 13.1. The molecule has 0 aliphatic heterocycles. The molecule has 2 N–H and O–H groups in total. The predicted octanol–water partition coefficient (Wildman–Crippen LogP) is 5.37. The maximum atomic E-state index is 9.57. The second-order valence-corrected chi connectivity index (χ2v) is 5.80. The first kappa shape index (κ1) is 15.4. The molecule has 1 atom stereocenters. The maximum absolute atomic E-state index is 9.57. The standard InChI is InChI=1S/C19H24O2/c1-4-17(14-6-8-15(20)9-7-14)18(5-2)19(3)12-10-16(21)11-13-19/h6-12,20-21H,4-5,13H2,1-3H3/b18-17+. The highest BCUT2D eigenvalue weighted by Crippen LogP contribution is 2.43. The third kappa shape index (κ3) is 3.21. The first-order valence-corrected chi connectivity index (χ1v) is 7.60. The summed E-state index contributed by atoms with van der Waals surface area (Å²) < 4.78 is 0. The lowest BCUT2D eigenvalue weighted by Gasteiger charge is -2.32. The van der Waals surface area contributed by atoms with Gasteiger partial charge in [-0.1, -0.05) is 44.6 Å². The van der Waals surface area contributed by atoms with Crippen LogP contribution in [0.3, 0.4) is 0 Å². The molecule has 0 aromatic heterocycles. The number of aliphatic hydroxyl groups excluding tert-OH is 1. The van der Waals surface area contributed by atoms with Crippen LogP contribution in [-0.2, 0) is 0 Å². The molecule has 0 saturated heterocycles. The van der Waals surface area contributed by atoms with E-state index < -0.39 is 0 Å². The monoisotopic (exact) mass is 284 g/mol. The second kappa shape index (κ2) is 6.21. The highest BCUT2D eigenvalue weighted by atomic mass is 16.3. The van der Waals surface area contributed by atoms with Gasteiger partial charge in [-0.3, -0.25) is 0 Å². The molecule has 1 aliphatic carbocycles. The molecule has 0 saturated carbocycles. The Balaban J connectivity index is 2.49. The van der Waals surface area contributed by atoms with Crippen LogP contribution in [0.2, 0.25) is 0 Å². The van der Waals surface area contributed by atoms with Crippen molar-refractivity contribution in [3.05, 3.63) is 59.4 Å². The smallest absolute Gasteiger partial charge is 0.115 e. The van der Waals surface area contributed by atoms with Crippen molar-refractivity contribution in [3.8, 4) is 5.75 Å². The fraction of sp³-hybridized carbons (Fsp3) is 0.368. The molecule has 112 valence electrons. The third-order valence-electron chi connectivity index (χ3n) is 4.33. The molecule has 0 fully saturated rings. The molecule has 21 heavy (non-hydrogen) atoms. The van der Waals surface area contributed by atoms with E-state index in [1.54, 1.807) is 18.2 Å². The Hall–Kier alpha value is -1.96. The first-order chi connectivity index (χ1) is 10.00.